The molecule has 12 heteroatoms. The van der Waals surface area contributed by atoms with Crippen LogP contribution in [0.2, 0.25) is 0 Å². The van der Waals surface area contributed by atoms with Gasteiger partial charge in [0, 0.05) is 34.7 Å². The average molecular weight is 509 g/mol. The second-order valence-corrected chi connectivity index (χ2v) is 10.1. The van der Waals surface area contributed by atoms with Crippen LogP contribution in [0.4, 0.5) is 26.3 Å². The molecule has 0 atom stereocenters. The summed E-state index contributed by atoms with van der Waals surface area (Å²) in [5, 5.41) is -0.209. The van der Waals surface area contributed by atoms with E-state index in [1.165, 1.54) is 26.1 Å². The molecule has 1 aromatic carbocycles. The topological polar surface area (TPSA) is 51.1 Å². The Morgan fingerprint density at radius 1 is 1.10 bits per heavy atom. The lowest BCUT2D eigenvalue weighted by Crippen LogP contribution is -2.39. The predicted octanol–water partition coefficient (Wildman–Crippen LogP) is 5.01. The van der Waals surface area contributed by atoms with E-state index in [-0.39, 0.29) is 18.5 Å². The summed E-state index contributed by atoms with van der Waals surface area (Å²) >= 11 is 3.17. The molecule has 2 aromatic rings. The minimum absolute atomic E-state index is 0.0301. The summed E-state index contributed by atoms with van der Waals surface area (Å²) in [6.07, 6.45) is -9.58. The molecule has 0 aliphatic carbocycles. The molecule has 0 aliphatic heterocycles. The van der Waals surface area contributed by atoms with Crippen molar-refractivity contribution in [3.05, 3.63) is 34.4 Å². The first-order chi connectivity index (χ1) is 13.1. The van der Waals surface area contributed by atoms with Crippen LogP contribution < -0.4 is 4.72 Å². The van der Waals surface area contributed by atoms with Crippen LogP contribution in [0.1, 0.15) is 19.4 Å². The standard InChI is InChI=1S/C17H19BrF6N2O2S/c1-10(2)29(27,28)25-6-5-11-8-26(14-7-12(18)3-4-13(11)14)9-15(16(19,20)21)17(22,23)24/h3-4,7-8,10,15,25H,5-6,9H2,1-2H3. The van der Waals surface area contributed by atoms with Gasteiger partial charge in [0.1, 0.15) is 0 Å². The van der Waals surface area contributed by atoms with Gasteiger partial charge in [-0.15, -0.1) is 0 Å². The van der Waals surface area contributed by atoms with Gasteiger partial charge in [-0.25, -0.2) is 13.1 Å². The van der Waals surface area contributed by atoms with Crippen LogP contribution in [0, 0.1) is 5.92 Å². The Kier molecular flexibility index (Phi) is 7.00. The molecule has 0 unspecified atom stereocenters. The van der Waals surface area contributed by atoms with Gasteiger partial charge < -0.3 is 4.57 Å². The Morgan fingerprint density at radius 2 is 1.69 bits per heavy atom. The molecular formula is C17H19BrF6N2O2S. The number of halogens is 7. The third-order valence-electron chi connectivity index (χ3n) is 4.41. The summed E-state index contributed by atoms with van der Waals surface area (Å²) in [5.41, 5.74) is 0.640. The third kappa shape index (κ3) is 5.88. The van der Waals surface area contributed by atoms with Crippen molar-refractivity contribution in [2.75, 3.05) is 6.54 Å². The zero-order valence-electron chi connectivity index (χ0n) is 15.4. The van der Waals surface area contributed by atoms with Crippen molar-refractivity contribution >= 4 is 36.9 Å². The van der Waals surface area contributed by atoms with Crippen molar-refractivity contribution in [2.45, 2.75) is 44.4 Å². The van der Waals surface area contributed by atoms with Gasteiger partial charge in [0.25, 0.3) is 0 Å². The molecule has 2 rings (SSSR count). The Bertz CT molecular complexity index is 953. The van der Waals surface area contributed by atoms with E-state index >= 15 is 0 Å². The van der Waals surface area contributed by atoms with Gasteiger partial charge in [0.15, 0.2) is 5.92 Å². The van der Waals surface area contributed by atoms with Crippen LogP contribution >= 0.6 is 15.9 Å². The first-order valence-corrected chi connectivity index (χ1v) is 10.9. The number of hydrogen-bond acceptors (Lipinski definition) is 2. The van der Waals surface area contributed by atoms with E-state index in [4.69, 9.17) is 0 Å². The third-order valence-corrected chi connectivity index (χ3v) is 6.76. The highest BCUT2D eigenvalue weighted by atomic mass is 79.9. The number of rotatable bonds is 7. The number of aromatic nitrogens is 1. The number of fused-ring (bicyclic) bond motifs is 1. The molecule has 0 amide bonds. The molecule has 0 saturated carbocycles. The van der Waals surface area contributed by atoms with Crippen LogP contribution in [0.25, 0.3) is 10.9 Å². The highest BCUT2D eigenvalue weighted by molar-refractivity contribution is 9.10. The maximum absolute atomic E-state index is 13.0. The summed E-state index contributed by atoms with van der Waals surface area (Å²) < 4.78 is 105. The summed E-state index contributed by atoms with van der Waals surface area (Å²) in [5.74, 6) is -3.52. The number of alkyl halides is 6. The minimum atomic E-state index is -5.45. The largest absolute Gasteiger partial charge is 0.402 e. The second kappa shape index (κ2) is 8.46. The fraction of sp³-hybridized carbons (Fsp3) is 0.529. The smallest absolute Gasteiger partial charge is 0.346 e. The van der Waals surface area contributed by atoms with Crippen molar-refractivity contribution in [2.24, 2.45) is 5.92 Å². The molecule has 0 saturated heterocycles. The molecule has 29 heavy (non-hydrogen) atoms. The van der Waals surface area contributed by atoms with Crippen molar-refractivity contribution in [3.63, 3.8) is 0 Å². The lowest BCUT2D eigenvalue weighted by molar-refractivity contribution is -0.287. The van der Waals surface area contributed by atoms with Gasteiger partial charge in [-0.05, 0) is 38.0 Å². The molecule has 1 heterocycles. The van der Waals surface area contributed by atoms with Crippen molar-refractivity contribution in [1.29, 1.82) is 0 Å². The predicted molar refractivity (Wildman–Crippen MR) is 101 cm³/mol. The Labute approximate surface area is 172 Å². The molecular weight excluding hydrogens is 490 g/mol. The Hall–Kier alpha value is -1.27. The van der Waals surface area contributed by atoms with Gasteiger partial charge >= 0.3 is 12.4 Å². The lowest BCUT2D eigenvalue weighted by atomic mass is 10.1. The second-order valence-electron chi connectivity index (χ2n) is 6.84. The highest BCUT2D eigenvalue weighted by Gasteiger charge is 2.56. The van der Waals surface area contributed by atoms with Crippen LogP contribution in [0.3, 0.4) is 0 Å². The molecule has 0 fully saturated rings. The van der Waals surface area contributed by atoms with E-state index in [9.17, 15) is 34.8 Å². The molecule has 4 nitrogen and oxygen atoms in total. The quantitative estimate of drug-likeness (QED) is 0.534. The van der Waals surface area contributed by atoms with Gasteiger partial charge in [0.2, 0.25) is 10.0 Å². The molecule has 0 spiro atoms. The molecule has 0 radical (unpaired) electrons. The highest BCUT2D eigenvalue weighted by Crippen LogP contribution is 2.41. The van der Waals surface area contributed by atoms with E-state index in [2.05, 4.69) is 20.7 Å². The van der Waals surface area contributed by atoms with E-state index in [1.54, 1.807) is 12.1 Å². The Balaban J connectivity index is 2.38. The molecule has 1 aromatic heterocycles. The lowest BCUT2D eigenvalue weighted by Gasteiger charge is -2.23. The molecule has 1 N–H and O–H groups in total. The van der Waals surface area contributed by atoms with Crippen molar-refractivity contribution in [1.82, 2.24) is 9.29 Å². The first kappa shape index (κ1) is 24.0. The van der Waals surface area contributed by atoms with Crippen molar-refractivity contribution in [3.8, 4) is 0 Å². The van der Waals surface area contributed by atoms with Crippen molar-refractivity contribution < 1.29 is 34.8 Å². The zero-order valence-corrected chi connectivity index (χ0v) is 17.8. The Morgan fingerprint density at radius 3 is 2.21 bits per heavy atom. The van der Waals surface area contributed by atoms with Gasteiger partial charge in [-0.3, -0.25) is 0 Å². The van der Waals surface area contributed by atoms with Gasteiger partial charge in [-0.2, -0.15) is 26.3 Å². The summed E-state index contributed by atoms with van der Waals surface area (Å²) in [6.45, 7) is 1.62. The molecule has 0 bridgehead atoms. The van der Waals surface area contributed by atoms with Crippen LogP contribution in [-0.4, -0.2) is 37.1 Å². The summed E-state index contributed by atoms with van der Waals surface area (Å²) in [4.78, 5) is 0. The zero-order chi connectivity index (χ0) is 22.2. The minimum Gasteiger partial charge on any atom is -0.346 e. The van der Waals surface area contributed by atoms with Crippen LogP contribution in [0.5, 0.6) is 0 Å². The number of hydrogen-bond donors (Lipinski definition) is 1. The van der Waals surface area contributed by atoms with E-state index in [0.29, 0.717) is 15.4 Å². The SMILES string of the molecule is CC(C)S(=O)(=O)NCCc1cn(CC(C(F)(F)F)C(F)(F)F)c2cc(Br)ccc12. The number of nitrogens with one attached hydrogen (secondary N) is 1. The van der Waals surface area contributed by atoms with E-state index in [0.717, 1.165) is 4.57 Å². The molecule has 164 valence electrons. The molecule has 0 aliphatic rings. The number of sulfonamides is 1. The van der Waals surface area contributed by atoms with Gasteiger partial charge in [0.05, 0.1) is 5.25 Å². The maximum Gasteiger partial charge on any atom is 0.402 e. The summed E-state index contributed by atoms with van der Waals surface area (Å²) in [6, 6.07) is 4.61. The monoisotopic (exact) mass is 508 g/mol. The average Bonchev–Trinajstić information content (AvgIpc) is 2.87. The fourth-order valence-electron chi connectivity index (χ4n) is 2.78. The number of nitrogens with zero attached hydrogens (tertiary/aromatic N) is 1. The normalized spacial score (nSPS) is 13.8. The van der Waals surface area contributed by atoms with Crippen LogP contribution in [-0.2, 0) is 23.0 Å². The maximum atomic E-state index is 13.0. The van der Waals surface area contributed by atoms with E-state index in [1.807, 2.05) is 0 Å². The summed E-state index contributed by atoms with van der Waals surface area (Å²) in [7, 11) is -3.54. The fourth-order valence-corrected chi connectivity index (χ4v) is 3.84. The van der Waals surface area contributed by atoms with E-state index < -0.39 is 40.1 Å². The first-order valence-electron chi connectivity index (χ1n) is 8.52. The van der Waals surface area contributed by atoms with Gasteiger partial charge in [-0.1, -0.05) is 22.0 Å². The van der Waals surface area contributed by atoms with Crippen LogP contribution in [0.15, 0.2) is 28.9 Å². The number of benzene rings is 1.